The smallest absolute Gasteiger partial charge is 0.225 e. The first-order valence-electron chi connectivity index (χ1n) is 40.6. The maximum atomic E-state index is 4.43. The minimum absolute atomic E-state index is 0. The van der Waals surface area contributed by atoms with Gasteiger partial charge >= 0.3 is 0 Å². The third-order valence-electron chi connectivity index (χ3n) is 20.8. The number of aryl methyl sites for hydroxylation is 8. The van der Waals surface area contributed by atoms with Crippen molar-refractivity contribution in [3.05, 3.63) is 203 Å². The SMILES string of the molecule is C.Cc1ccc(N2CCCCC2)nc1.Cc1ccc(N2CCCNCC2)cc1.Cc1ccc(N2CCN(C)CC2)cc1.Cc1ccc(N2CCN(C)CC2)cn1.Cc1ccc(NCCN(C)C)cc1.Cc1cccc(N2CCCCC2)c1.Cc1cnc(N2CCN(C)CC2)cn1.Cc1cnc(N2CCN(C)CC2)nc1. The molecule has 8 aromatic rings. The second-order valence-electron chi connectivity index (χ2n) is 30.9. The van der Waals surface area contributed by atoms with Crippen molar-refractivity contribution in [3.8, 4) is 0 Å². The molecular weight excluding hydrogens is 1360 g/mol. The zero-order valence-electron chi connectivity index (χ0n) is 69.4. The van der Waals surface area contributed by atoms with Crippen LogP contribution in [-0.2, 0) is 0 Å². The third-order valence-corrected chi connectivity index (χ3v) is 20.8. The predicted octanol–water partition coefficient (Wildman–Crippen LogP) is 13.7. The zero-order chi connectivity index (χ0) is 77.5. The van der Waals surface area contributed by atoms with Gasteiger partial charge in [0.1, 0.15) is 11.6 Å². The van der Waals surface area contributed by atoms with Crippen molar-refractivity contribution in [2.45, 2.75) is 108 Å². The number of aromatic nitrogens is 6. The van der Waals surface area contributed by atoms with Crippen LogP contribution in [0.2, 0.25) is 0 Å². The van der Waals surface area contributed by atoms with E-state index in [0.29, 0.717) is 0 Å². The number of nitrogens with zero attached hydrogens (tertiary/aromatic N) is 18. The number of hydrogen-bond acceptors (Lipinski definition) is 20. The van der Waals surface area contributed by atoms with E-state index in [2.05, 4.69) is 298 Å². The Bertz CT molecular complexity index is 3410. The van der Waals surface area contributed by atoms with Gasteiger partial charge in [0, 0.05) is 211 Å². The van der Waals surface area contributed by atoms with E-state index in [1.165, 1.54) is 147 Å². The lowest BCUT2D eigenvalue weighted by Gasteiger charge is -2.34. The quantitative estimate of drug-likeness (QED) is 0.127. The van der Waals surface area contributed by atoms with Gasteiger partial charge in [-0.05, 0) is 233 Å². The van der Waals surface area contributed by atoms with Gasteiger partial charge in [0.05, 0.1) is 30.0 Å². The molecule has 7 saturated heterocycles. The summed E-state index contributed by atoms with van der Waals surface area (Å²) in [7, 11) is 12.8. The fourth-order valence-electron chi connectivity index (χ4n) is 13.4. The first-order chi connectivity index (χ1) is 52.8. The lowest BCUT2D eigenvalue weighted by Crippen LogP contribution is -2.45. The summed E-state index contributed by atoms with van der Waals surface area (Å²) in [6, 6.07) is 43.4. The van der Waals surface area contributed by atoms with Crippen LogP contribution in [0.3, 0.4) is 0 Å². The molecule has 0 atom stereocenters. The van der Waals surface area contributed by atoms with Crippen LogP contribution in [0.4, 0.5) is 46.0 Å². The number of piperazine rings is 4. The second-order valence-corrected chi connectivity index (χ2v) is 30.9. The third kappa shape index (κ3) is 33.2. The summed E-state index contributed by atoms with van der Waals surface area (Å²) < 4.78 is 0. The number of benzene rings is 4. The Kier molecular flexibility index (Phi) is 39.5. The van der Waals surface area contributed by atoms with E-state index in [4.69, 9.17) is 0 Å². The zero-order valence-corrected chi connectivity index (χ0v) is 69.4. The average Bonchev–Trinajstić information content (AvgIpc) is 1.05. The summed E-state index contributed by atoms with van der Waals surface area (Å²) in [5.41, 5.74) is 16.3. The van der Waals surface area contributed by atoms with Crippen LogP contribution in [0.1, 0.15) is 97.1 Å². The molecule has 0 radical (unpaired) electrons. The summed E-state index contributed by atoms with van der Waals surface area (Å²) >= 11 is 0. The van der Waals surface area contributed by atoms with E-state index >= 15 is 0 Å². The minimum atomic E-state index is 0. The molecule has 0 bridgehead atoms. The van der Waals surface area contributed by atoms with Crippen molar-refractivity contribution in [2.75, 3.05) is 252 Å². The van der Waals surface area contributed by atoms with Gasteiger partial charge < -0.3 is 69.4 Å². The van der Waals surface area contributed by atoms with Gasteiger partial charge in [-0.3, -0.25) is 9.97 Å². The number of anilines is 8. The lowest BCUT2D eigenvalue weighted by atomic mass is 10.1. The van der Waals surface area contributed by atoms with Crippen LogP contribution in [0.5, 0.6) is 0 Å². The highest BCUT2D eigenvalue weighted by Crippen LogP contribution is 2.23. The molecule has 0 unspecified atom stereocenters. The summed E-state index contributed by atoms with van der Waals surface area (Å²) in [6.07, 6.45) is 20.7. The van der Waals surface area contributed by atoms with Gasteiger partial charge in [-0.1, -0.05) is 78.7 Å². The minimum Gasteiger partial charge on any atom is -0.384 e. The topological polar surface area (TPSA) is 140 Å². The van der Waals surface area contributed by atoms with Crippen molar-refractivity contribution >= 4 is 46.0 Å². The highest BCUT2D eigenvalue weighted by molar-refractivity contribution is 5.51. The average molecular weight is 1500 g/mol. The van der Waals surface area contributed by atoms with E-state index in [9.17, 15) is 0 Å². The Morgan fingerprint density at radius 2 is 0.745 bits per heavy atom. The van der Waals surface area contributed by atoms with Crippen LogP contribution in [-0.4, -0.2) is 267 Å². The molecule has 15 rings (SSSR count). The molecule has 7 aliphatic rings. The molecule has 0 amide bonds. The number of likely N-dealkylation sites (N-methyl/N-ethyl adjacent to an activating group) is 5. The molecule has 4 aromatic heterocycles. The van der Waals surface area contributed by atoms with Crippen molar-refractivity contribution in [3.63, 3.8) is 0 Å². The predicted molar refractivity (Wildman–Crippen MR) is 471 cm³/mol. The monoisotopic (exact) mass is 1500 g/mol. The number of rotatable bonds is 11. The van der Waals surface area contributed by atoms with Gasteiger partial charge in [0.25, 0.3) is 0 Å². The van der Waals surface area contributed by atoms with Crippen LogP contribution in [0.25, 0.3) is 0 Å². The van der Waals surface area contributed by atoms with Crippen molar-refractivity contribution in [1.29, 1.82) is 0 Å². The van der Waals surface area contributed by atoms with Crippen molar-refractivity contribution in [1.82, 2.24) is 59.7 Å². The van der Waals surface area contributed by atoms with Gasteiger partial charge in [-0.15, -0.1) is 0 Å². The molecule has 2 N–H and O–H groups in total. The summed E-state index contributed by atoms with van der Waals surface area (Å²) in [6.45, 7) is 45.8. The Balaban J connectivity index is 0.000000175. The van der Waals surface area contributed by atoms with E-state index in [1.807, 2.05) is 58.0 Å². The summed E-state index contributed by atoms with van der Waals surface area (Å²) in [5.74, 6) is 3.01. The van der Waals surface area contributed by atoms with Crippen LogP contribution in [0.15, 0.2) is 159 Å². The number of pyridine rings is 2. The molecule has 7 aliphatic heterocycles. The molecular formula is C90H140N20. The fraction of sp³-hybridized carbons (Fsp3) is 0.533. The lowest BCUT2D eigenvalue weighted by molar-refractivity contribution is 0.311. The van der Waals surface area contributed by atoms with E-state index in [0.717, 1.165) is 159 Å². The first-order valence-corrected chi connectivity index (χ1v) is 40.6. The second kappa shape index (κ2) is 49.0. The van der Waals surface area contributed by atoms with Gasteiger partial charge in [-0.2, -0.15) is 0 Å². The Hall–Kier alpha value is -8.50. The maximum Gasteiger partial charge on any atom is 0.225 e. The van der Waals surface area contributed by atoms with Crippen LogP contribution in [0, 0.1) is 55.4 Å². The molecule has 600 valence electrons. The maximum absolute atomic E-state index is 4.43. The molecule has 20 nitrogen and oxygen atoms in total. The van der Waals surface area contributed by atoms with E-state index < -0.39 is 0 Å². The molecule has 110 heavy (non-hydrogen) atoms. The summed E-state index contributed by atoms with van der Waals surface area (Å²) in [5, 5.41) is 6.78. The Morgan fingerprint density at radius 3 is 1.23 bits per heavy atom. The van der Waals surface area contributed by atoms with Crippen LogP contribution >= 0.6 is 0 Å². The molecule has 0 aliphatic carbocycles. The van der Waals surface area contributed by atoms with E-state index in [1.54, 1.807) is 0 Å². The first kappa shape index (κ1) is 88.7. The van der Waals surface area contributed by atoms with Gasteiger partial charge in [0.15, 0.2) is 0 Å². The molecule has 20 heteroatoms. The standard InChI is InChI=1S/2C12H18N2.C12H17N.C11H17N3.C11H16N2.C11H18N2.2C10H16N4.CH4/c1-11-3-5-12(6-4-11)14-9-7-13(2)8-10-14;1-11-3-5-12(6-4-11)14-9-2-7-13-8-10-14;1-11-6-5-7-12(10-11)13-8-3-2-4-9-13;1-10-3-4-11(9-12-10)14-7-5-13(2)6-8-14;1-10-5-6-11(12-9-10)13-7-3-2-4-8-13;1-10-4-6-11(7-5-10)12-8-9-13(2)3;1-9-7-12-10(8-11-9)14-5-3-13(2)4-6-14;1-9-7-11-10(12-8-9)14-5-3-13(2)4-6-14;/h3-6H,7-10H2,1-2H3;3-6,13H,2,7-10H2,1H3;5-7,10H,2-4,8-9H2,1H3;3-4,9H,5-8H2,1-2H3;5-6,9H,2-4,7-8H2,1H3;4-7,12H,8-9H2,1-3H3;2*7-8H,3-6H2,1-2H3;1H4. The number of hydrogen-bond donors (Lipinski definition) is 2. The molecule has 4 aromatic carbocycles. The normalized spacial score (nSPS) is 17.1. The van der Waals surface area contributed by atoms with Gasteiger partial charge in [-0.25, -0.2) is 19.9 Å². The number of piperidine rings is 2. The highest BCUT2D eigenvalue weighted by atomic mass is 15.3. The van der Waals surface area contributed by atoms with E-state index in [-0.39, 0.29) is 7.43 Å². The number of nitrogens with one attached hydrogen (secondary N) is 2. The van der Waals surface area contributed by atoms with Crippen LogP contribution < -0.4 is 44.9 Å². The largest absolute Gasteiger partial charge is 0.384 e. The molecule has 11 heterocycles. The van der Waals surface area contributed by atoms with Crippen molar-refractivity contribution in [2.24, 2.45) is 0 Å². The highest BCUT2D eigenvalue weighted by Gasteiger charge is 2.20. The Labute approximate surface area is 665 Å². The molecule has 0 spiro atoms. The fourth-order valence-corrected chi connectivity index (χ4v) is 13.4. The molecule has 0 saturated carbocycles. The van der Waals surface area contributed by atoms with Crippen molar-refractivity contribution < 1.29 is 0 Å². The Morgan fingerprint density at radius 1 is 0.318 bits per heavy atom. The molecule has 7 fully saturated rings. The van der Waals surface area contributed by atoms with Gasteiger partial charge in [0.2, 0.25) is 5.95 Å². The summed E-state index contributed by atoms with van der Waals surface area (Å²) in [4.78, 5) is 54.3.